The van der Waals surface area contributed by atoms with Gasteiger partial charge in [0.15, 0.2) is 11.5 Å². The van der Waals surface area contributed by atoms with Crippen molar-refractivity contribution in [1.29, 1.82) is 0 Å². The summed E-state index contributed by atoms with van der Waals surface area (Å²) in [6.45, 7) is -1.51. The maximum atomic E-state index is 12.9. The normalized spacial score (nSPS) is 15.7. The first-order valence-electron chi connectivity index (χ1n) is 9.99. The van der Waals surface area contributed by atoms with Crippen molar-refractivity contribution in [3.8, 4) is 17.2 Å². The van der Waals surface area contributed by atoms with E-state index < -0.39 is 6.61 Å². The minimum Gasteiger partial charge on any atom is -0.508 e. The molecule has 0 saturated carbocycles. The Morgan fingerprint density at radius 2 is 2.10 bits per heavy atom. The summed E-state index contributed by atoms with van der Waals surface area (Å²) in [5, 5.41) is 12.9. The van der Waals surface area contributed by atoms with Crippen LogP contribution in [0.25, 0.3) is 0 Å². The van der Waals surface area contributed by atoms with Crippen LogP contribution in [-0.2, 0) is 17.8 Å². The van der Waals surface area contributed by atoms with E-state index in [0.29, 0.717) is 24.3 Å². The summed E-state index contributed by atoms with van der Waals surface area (Å²) in [6, 6.07) is 11.0. The quantitative estimate of drug-likeness (QED) is 0.623. The fourth-order valence-electron chi connectivity index (χ4n) is 3.41. The third-order valence-corrected chi connectivity index (χ3v) is 4.98. The molecule has 1 saturated heterocycles. The number of urea groups is 1. The number of amides is 2. The molecule has 9 heteroatoms. The molecule has 1 heterocycles. The number of para-hydroxylation sites is 1. The predicted molar refractivity (Wildman–Crippen MR) is 109 cm³/mol. The Kier molecular flexibility index (Phi) is 7.88. The molecule has 2 aromatic carbocycles. The van der Waals surface area contributed by atoms with Gasteiger partial charge in [0, 0.05) is 25.3 Å². The number of nitrogens with one attached hydrogen (secondary N) is 1. The molecule has 3 rings (SSSR count). The smallest absolute Gasteiger partial charge is 0.387 e. The molecule has 0 aliphatic carbocycles. The number of phenolic OH excluding ortho intramolecular Hbond substituents is 1. The van der Waals surface area contributed by atoms with E-state index in [9.17, 15) is 18.7 Å². The van der Waals surface area contributed by atoms with E-state index >= 15 is 0 Å². The van der Waals surface area contributed by atoms with Gasteiger partial charge >= 0.3 is 12.6 Å². The number of rotatable bonds is 9. The summed E-state index contributed by atoms with van der Waals surface area (Å²) in [5.74, 6) is 0.191. The standard InChI is InChI=1S/C22H26F2N2O5/c1-29-20-11-15(8-9-19(20)31-21(23)24)12-25-22(28)26(14-17-6-4-10-30-17)13-16-5-2-3-7-18(16)27/h2-3,5,7-9,11,17,21,27H,4,6,10,12-14H2,1H3,(H,25,28). The number of halogens is 2. The molecular formula is C22H26F2N2O5. The predicted octanol–water partition coefficient (Wildman–Crippen LogP) is 3.89. The molecule has 1 aliphatic heterocycles. The summed E-state index contributed by atoms with van der Waals surface area (Å²) in [7, 11) is 1.35. The number of phenols is 1. The lowest BCUT2D eigenvalue weighted by Crippen LogP contribution is -2.43. The molecule has 2 N–H and O–H groups in total. The topological polar surface area (TPSA) is 80.3 Å². The second-order valence-electron chi connectivity index (χ2n) is 7.17. The number of carbonyl (C=O) groups excluding carboxylic acids is 1. The molecule has 2 amide bonds. The summed E-state index contributed by atoms with van der Waals surface area (Å²) < 4.78 is 40.1. The fourth-order valence-corrected chi connectivity index (χ4v) is 3.41. The number of benzene rings is 2. The molecule has 1 fully saturated rings. The first-order chi connectivity index (χ1) is 15.0. The summed E-state index contributed by atoms with van der Waals surface area (Å²) in [6.07, 6.45) is 1.76. The van der Waals surface area contributed by atoms with Gasteiger partial charge in [-0.15, -0.1) is 0 Å². The van der Waals surface area contributed by atoms with Crippen LogP contribution in [0.15, 0.2) is 42.5 Å². The molecule has 1 unspecified atom stereocenters. The van der Waals surface area contributed by atoms with Crippen LogP contribution in [0, 0.1) is 0 Å². The molecule has 2 aromatic rings. The molecular weight excluding hydrogens is 410 g/mol. The summed E-state index contributed by atoms with van der Waals surface area (Å²) in [5.41, 5.74) is 1.29. The van der Waals surface area contributed by atoms with Crippen molar-refractivity contribution < 1.29 is 32.9 Å². The average molecular weight is 436 g/mol. The van der Waals surface area contributed by atoms with Crippen molar-refractivity contribution in [2.24, 2.45) is 0 Å². The molecule has 0 spiro atoms. The molecule has 7 nitrogen and oxygen atoms in total. The van der Waals surface area contributed by atoms with Gasteiger partial charge in [0.05, 0.1) is 19.8 Å². The lowest BCUT2D eigenvalue weighted by Gasteiger charge is -2.26. The van der Waals surface area contributed by atoms with Crippen molar-refractivity contribution in [3.05, 3.63) is 53.6 Å². The number of methoxy groups -OCH3 is 1. The highest BCUT2D eigenvalue weighted by Crippen LogP contribution is 2.29. The average Bonchev–Trinajstić information content (AvgIpc) is 3.26. The molecule has 31 heavy (non-hydrogen) atoms. The fraction of sp³-hybridized carbons (Fsp3) is 0.409. The van der Waals surface area contributed by atoms with Gasteiger partial charge in [0.25, 0.3) is 0 Å². The maximum absolute atomic E-state index is 12.9. The van der Waals surface area contributed by atoms with Crippen molar-refractivity contribution in [2.45, 2.75) is 38.6 Å². The highest BCUT2D eigenvalue weighted by atomic mass is 19.3. The third kappa shape index (κ3) is 6.45. The Morgan fingerprint density at radius 3 is 2.77 bits per heavy atom. The number of alkyl halides is 2. The second-order valence-corrected chi connectivity index (χ2v) is 7.17. The Bertz CT molecular complexity index is 875. The van der Waals surface area contributed by atoms with Crippen molar-refractivity contribution in [3.63, 3.8) is 0 Å². The van der Waals surface area contributed by atoms with Gasteiger partial charge < -0.3 is 29.5 Å². The van der Waals surface area contributed by atoms with E-state index in [2.05, 4.69) is 10.1 Å². The summed E-state index contributed by atoms with van der Waals surface area (Å²) in [4.78, 5) is 14.5. The molecule has 0 bridgehead atoms. The largest absolute Gasteiger partial charge is 0.508 e. The van der Waals surface area contributed by atoms with Crippen LogP contribution in [0.4, 0.5) is 13.6 Å². The van der Waals surface area contributed by atoms with Crippen molar-refractivity contribution in [2.75, 3.05) is 20.3 Å². The minimum atomic E-state index is -2.96. The van der Waals surface area contributed by atoms with E-state index in [0.717, 1.165) is 12.8 Å². The monoisotopic (exact) mass is 436 g/mol. The highest BCUT2D eigenvalue weighted by Gasteiger charge is 2.23. The van der Waals surface area contributed by atoms with Crippen molar-refractivity contribution >= 4 is 6.03 Å². The number of carbonyl (C=O) groups is 1. The molecule has 1 aliphatic rings. The van der Waals surface area contributed by atoms with E-state index in [1.165, 1.54) is 19.2 Å². The van der Waals surface area contributed by atoms with Gasteiger partial charge in [-0.3, -0.25) is 0 Å². The number of aromatic hydroxyl groups is 1. The number of ether oxygens (including phenoxy) is 3. The van der Waals surface area contributed by atoms with E-state index in [1.54, 1.807) is 35.2 Å². The Morgan fingerprint density at radius 1 is 1.29 bits per heavy atom. The van der Waals surface area contributed by atoms with Gasteiger partial charge in [-0.2, -0.15) is 8.78 Å². The highest BCUT2D eigenvalue weighted by molar-refractivity contribution is 5.74. The molecule has 0 radical (unpaired) electrons. The van der Waals surface area contributed by atoms with E-state index in [4.69, 9.17) is 9.47 Å². The van der Waals surface area contributed by atoms with Gasteiger partial charge in [-0.05, 0) is 36.6 Å². The lowest BCUT2D eigenvalue weighted by molar-refractivity contribution is -0.0512. The van der Waals surface area contributed by atoms with Crippen LogP contribution in [-0.4, -0.2) is 49.0 Å². The SMILES string of the molecule is COc1cc(CNC(=O)N(Cc2ccccc2O)CC2CCCO2)ccc1OC(F)F. The zero-order valence-electron chi connectivity index (χ0n) is 17.2. The van der Waals surface area contributed by atoms with Gasteiger partial charge in [-0.25, -0.2) is 4.79 Å². The van der Waals surface area contributed by atoms with Gasteiger partial charge in [0.1, 0.15) is 5.75 Å². The van der Waals surface area contributed by atoms with E-state index in [1.807, 2.05) is 0 Å². The van der Waals surface area contributed by atoms with Crippen LogP contribution in [0.2, 0.25) is 0 Å². The lowest BCUT2D eigenvalue weighted by atomic mass is 10.1. The zero-order valence-corrected chi connectivity index (χ0v) is 17.2. The number of hydrogen-bond donors (Lipinski definition) is 2. The van der Waals surface area contributed by atoms with Crippen molar-refractivity contribution in [1.82, 2.24) is 10.2 Å². The van der Waals surface area contributed by atoms with Crippen LogP contribution in [0.3, 0.4) is 0 Å². The maximum Gasteiger partial charge on any atom is 0.387 e. The zero-order chi connectivity index (χ0) is 22.2. The Hall–Kier alpha value is -3.07. The molecule has 168 valence electrons. The first-order valence-corrected chi connectivity index (χ1v) is 9.99. The minimum absolute atomic E-state index is 0.0533. The molecule has 0 aromatic heterocycles. The van der Waals surface area contributed by atoms with E-state index in [-0.39, 0.29) is 42.5 Å². The van der Waals surface area contributed by atoms with Gasteiger partial charge in [-0.1, -0.05) is 24.3 Å². The number of hydrogen-bond acceptors (Lipinski definition) is 5. The number of nitrogens with zero attached hydrogens (tertiary/aromatic N) is 1. The van der Waals surface area contributed by atoms with Crippen LogP contribution in [0.1, 0.15) is 24.0 Å². The van der Waals surface area contributed by atoms with Gasteiger partial charge in [0.2, 0.25) is 0 Å². The van der Waals surface area contributed by atoms with Crippen LogP contribution in [0.5, 0.6) is 17.2 Å². The Labute approximate surface area is 179 Å². The third-order valence-electron chi connectivity index (χ3n) is 4.98. The first kappa shape index (κ1) is 22.6. The molecule has 1 atom stereocenters. The second kappa shape index (κ2) is 10.8. The van der Waals surface area contributed by atoms with Crippen LogP contribution >= 0.6 is 0 Å². The van der Waals surface area contributed by atoms with Crippen LogP contribution < -0.4 is 14.8 Å². The summed E-state index contributed by atoms with van der Waals surface area (Å²) >= 11 is 0. The Balaban J connectivity index is 1.67.